The molecule has 5 rings (SSSR count). The lowest BCUT2D eigenvalue weighted by Crippen LogP contribution is -2.16. The third-order valence-corrected chi connectivity index (χ3v) is 5.60. The highest BCUT2D eigenvalue weighted by Crippen LogP contribution is 2.43. The zero-order chi connectivity index (χ0) is 24.1. The summed E-state index contributed by atoms with van der Waals surface area (Å²) in [7, 11) is 0. The first kappa shape index (κ1) is 21.9. The number of hydrogen-bond acceptors (Lipinski definition) is 2. The Morgan fingerprint density at radius 3 is 1.50 bits per heavy atom. The number of halogens is 6. The third kappa shape index (κ3) is 3.85. The van der Waals surface area contributed by atoms with Crippen LogP contribution >= 0.6 is 0 Å². The first-order chi connectivity index (χ1) is 16.1. The van der Waals surface area contributed by atoms with E-state index >= 15 is 0 Å². The van der Waals surface area contributed by atoms with E-state index in [2.05, 4.69) is 10.2 Å². The van der Waals surface area contributed by atoms with Gasteiger partial charge in [0.05, 0.1) is 11.1 Å². The average molecular weight is 468 g/mol. The largest absolute Gasteiger partial charge is 0.417 e. The molecule has 0 saturated heterocycles. The number of aromatic nitrogens is 2. The van der Waals surface area contributed by atoms with Gasteiger partial charge in [0.1, 0.15) is 11.4 Å². The van der Waals surface area contributed by atoms with Crippen LogP contribution in [0.5, 0.6) is 0 Å². The second-order valence-electron chi connectivity index (χ2n) is 7.76. The Bertz CT molecular complexity index is 1520. The van der Waals surface area contributed by atoms with Crippen molar-refractivity contribution in [3.63, 3.8) is 0 Å². The van der Waals surface area contributed by atoms with Crippen LogP contribution in [0.2, 0.25) is 0 Å². The molecule has 4 aromatic carbocycles. The normalized spacial score (nSPS) is 12.4. The molecule has 8 heteroatoms. The molecule has 0 N–H and O–H groups in total. The zero-order valence-corrected chi connectivity index (χ0v) is 17.2. The number of alkyl halides is 6. The molecule has 5 aromatic rings. The second kappa shape index (κ2) is 7.83. The van der Waals surface area contributed by atoms with Crippen molar-refractivity contribution < 1.29 is 26.3 Å². The summed E-state index contributed by atoms with van der Waals surface area (Å²) in [6.45, 7) is 0. The van der Waals surface area contributed by atoms with Gasteiger partial charge in [-0.15, -0.1) is 10.2 Å². The average Bonchev–Trinajstić information content (AvgIpc) is 2.81. The maximum Gasteiger partial charge on any atom is 0.417 e. The standard InChI is InChI=1S/C26H14F6N2/c27-25(28,29)21-11-10-18(14-22(21)26(30,31)32)24-20-13-17-9-5-4-8-16(17)12-19(20)23(33-34-24)15-6-2-1-3-7-15/h1-14H. The molecule has 0 saturated carbocycles. The molecule has 1 aromatic heterocycles. The number of nitrogens with zero attached hydrogens (tertiary/aromatic N) is 2. The van der Waals surface area contributed by atoms with E-state index in [9.17, 15) is 26.3 Å². The molecule has 1 heterocycles. The molecule has 0 aliphatic rings. The first-order valence-corrected chi connectivity index (χ1v) is 10.2. The minimum Gasteiger partial charge on any atom is -0.166 e. The van der Waals surface area contributed by atoms with Crippen LogP contribution in [0, 0.1) is 0 Å². The lowest BCUT2D eigenvalue weighted by molar-refractivity contribution is -0.162. The lowest BCUT2D eigenvalue weighted by atomic mass is 9.95. The van der Waals surface area contributed by atoms with E-state index < -0.39 is 23.5 Å². The minimum atomic E-state index is -5.19. The monoisotopic (exact) mass is 468 g/mol. The molecule has 34 heavy (non-hydrogen) atoms. The number of rotatable bonds is 2. The van der Waals surface area contributed by atoms with E-state index in [1.807, 2.05) is 60.7 Å². The Morgan fingerprint density at radius 1 is 0.471 bits per heavy atom. The van der Waals surface area contributed by atoms with Crippen LogP contribution in [-0.2, 0) is 12.4 Å². The summed E-state index contributed by atoms with van der Waals surface area (Å²) in [5.41, 5.74) is -2.27. The summed E-state index contributed by atoms with van der Waals surface area (Å²) in [5, 5.41) is 11.3. The predicted molar refractivity (Wildman–Crippen MR) is 118 cm³/mol. The molecule has 0 amide bonds. The maximum absolute atomic E-state index is 13.5. The van der Waals surface area contributed by atoms with Crippen molar-refractivity contribution in [1.29, 1.82) is 0 Å². The highest BCUT2D eigenvalue weighted by molar-refractivity contribution is 6.08. The second-order valence-corrected chi connectivity index (χ2v) is 7.76. The molecule has 0 spiro atoms. The molecule has 0 unspecified atom stereocenters. The van der Waals surface area contributed by atoms with Crippen LogP contribution in [0.3, 0.4) is 0 Å². The number of hydrogen-bond donors (Lipinski definition) is 0. The van der Waals surface area contributed by atoms with E-state index in [1.54, 1.807) is 6.07 Å². The van der Waals surface area contributed by atoms with Crippen molar-refractivity contribution in [2.24, 2.45) is 0 Å². The smallest absolute Gasteiger partial charge is 0.166 e. The Morgan fingerprint density at radius 2 is 0.971 bits per heavy atom. The molecule has 0 bridgehead atoms. The van der Waals surface area contributed by atoms with E-state index in [-0.39, 0.29) is 11.3 Å². The van der Waals surface area contributed by atoms with Gasteiger partial charge in [-0.1, -0.05) is 60.7 Å². The lowest BCUT2D eigenvalue weighted by Gasteiger charge is -2.17. The van der Waals surface area contributed by atoms with Crippen molar-refractivity contribution in [3.05, 3.63) is 96.1 Å². The highest BCUT2D eigenvalue weighted by Gasteiger charge is 2.43. The number of benzene rings is 4. The molecule has 0 radical (unpaired) electrons. The Hall–Kier alpha value is -3.94. The summed E-state index contributed by atoms with van der Waals surface area (Å²) >= 11 is 0. The van der Waals surface area contributed by atoms with Gasteiger partial charge < -0.3 is 0 Å². The Kier molecular flexibility index (Phi) is 5.04. The summed E-state index contributed by atoms with van der Waals surface area (Å²) in [5.74, 6) is 0. The molecule has 0 atom stereocenters. The van der Waals surface area contributed by atoms with Crippen molar-refractivity contribution in [1.82, 2.24) is 10.2 Å². The van der Waals surface area contributed by atoms with Crippen molar-refractivity contribution >= 4 is 21.5 Å². The Labute approximate surface area is 189 Å². The van der Waals surface area contributed by atoms with Gasteiger partial charge in [0.25, 0.3) is 0 Å². The van der Waals surface area contributed by atoms with E-state index in [1.165, 1.54) is 0 Å². The highest BCUT2D eigenvalue weighted by atomic mass is 19.4. The molecule has 0 fully saturated rings. The summed E-state index contributed by atoms with van der Waals surface area (Å²) in [6.07, 6.45) is -10.3. The fourth-order valence-electron chi connectivity index (χ4n) is 4.04. The van der Waals surface area contributed by atoms with E-state index in [0.717, 1.165) is 22.4 Å². The number of fused-ring (bicyclic) bond motifs is 2. The van der Waals surface area contributed by atoms with Crippen molar-refractivity contribution in [2.45, 2.75) is 12.4 Å². The minimum absolute atomic E-state index is 0.0691. The van der Waals surface area contributed by atoms with Gasteiger partial charge in [-0.2, -0.15) is 26.3 Å². The fourth-order valence-corrected chi connectivity index (χ4v) is 4.04. The molecule has 0 aliphatic carbocycles. The molecule has 2 nitrogen and oxygen atoms in total. The van der Waals surface area contributed by atoms with Gasteiger partial charge in [0.15, 0.2) is 0 Å². The van der Waals surface area contributed by atoms with Crippen molar-refractivity contribution in [3.8, 4) is 22.5 Å². The quantitative estimate of drug-likeness (QED) is 0.193. The van der Waals surface area contributed by atoms with Crippen LogP contribution in [0.25, 0.3) is 44.1 Å². The van der Waals surface area contributed by atoms with Gasteiger partial charge in [0, 0.05) is 21.9 Å². The van der Waals surface area contributed by atoms with Gasteiger partial charge in [-0.05, 0) is 35.0 Å². The summed E-state index contributed by atoms with van der Waals surface area (Å²) < 4.78 is 80.4. The Balaban J connectivity index is 1.82. The van der Waals surface area contributed by atoms with E-state index in [0.29, 0.717) is 28.6 Å². The zero-order valence-electron chi connectivity index (χ0n) is 17.2. The third-order valence-electron chi connectivity index (χ3n) is 5.60. The predicted octanol–water partition coefficient (Wildman–Crippen LogP) is 8.15. The van der Waals surface area contributed by atoms with Crippen LogP contribution in [-0.4, -0.2) is 10.2 Å². The molecule has 0 aliphatic heterocycles. The molecular formula is C26H14F6N2. The van der Waals surface area contributed by atoms with Crippen LogP contribution < -0.4 is 0 Å². The molecular weight excluding hydrogens is 454 g/mol. The van der Waals surface area contributed by atoms with Crippen LogP contribution in [0.1, 0.15) is 11.1 Å². The van der Waals surface area contributed by atoms with Crippen LogP contribution in [0.15, 0.2) is 84.9 Å². The van der Waals surface area contributed by atoms with Gasteiger partial charge in [0.2, 0.25) is 0 Å². The first-order valence-electron chi connectivity index (χ1n) is 10.2. The van der Waals surface area contributed by atoms with Crippen molar-refractivity contribution in [2.75, 3.05) is 0 Å². The van der Waals surface area contributed by atoms with E-state index in [4.69, 9.17) is 0 Å². The topological polar surface area (TPSA) is 25.8 Å². The summed E-state index contributed by atoms with van der Waals surface area (Å²) in [6, 6.07) is 22.1. The van der Waals surface area contributed by atoms with Crippen LogP contribution in [0.4, 0.5) is 26.3 Å². The van der Waals surface area contributed by atoms with Gasteiger partial charge >= 0.3 is 12.4 Å². The van der Waals surface area contributed by atoms with Gasteiger partial charge in [-0.3, -0.25) is 0 Å². The fraction of sp³-hybridized carbons (Fsp3) is 0.0769. The SMILES string of the molecule is FC(F)(F)c1ccc(-c2nnc(-c3ccccc3)c3cc4ccccc4cc23)cc1C(F)(F)F. The summed E-state index contributed by atoms with van der Waals surface area (Å²) in [4.78, 5) is 0. The van der Waals surface area contributed by atoms with Gasteiger partial charge in [-0.25, -0.2) is 0 Å². The maximum atomic E-state index is 13.5. The molecule has 170 valence electrons.